The number of H-pyrrole nitrogens is 1. The van der Waals surface area contributed by atoms with Gasteiger partial charge in [0.15, 0.2) is 0 Å². The van der Waals surface area contributed by atoms with Crippen molar-refractivity contribution in [3.63, 3.8) is 0 Å². The van der Waals surface area contributed by atoms with Crippen LogP contribution >= 0.6 is 0 Å². The van der Waals surface area contributed by atoms with Crippen molar-refractivity contribution in [1.29, 1.82) is 0 Å². The van der Waals surface area contributed by atoms with Gasteiger partial charge in [0.05, 0.1) is 57.1 Å². The van der Waals surface area contributed by atoms with Crippen LogP contribution in [0.4, 0.5) is 9.59 Å². The summed E-state index contributed by atoms with van der Waals surface area (Å²) in [7, 11) is 2.35. The van der Waals surface area contributed by atoms with E-state index in [1.807, 2.05) is 70.2 Å². The molecule has 2 atom stereocenters. The van der Waals surface area contributed by atoms with Crippen LogP contribution in [0.25, 0.3) is 11.3 Å². The van der Waals surface area contributed by atoms with Crippen LogP contribution in [0.15, 0.2) is 60.8 Å². The molecule has 4 amide bonds. The molecule has 3 aliphatic heterocycles. The number of aromatic amines is 1. The van der Waals surface area contributed by atoms with Gasteiger partial charge in [-0.15, -0.1) is 0 Å². The molecule has 0 spiro atoms. The first kappa shape index (κ1) is 34.1. The fourth-order valence-electron chi connectivity index (χ4n) is 6.35. The van der Waals surface area contributed by atoms with Crippen LogP contribution in [0.5, 0.6) is 5.75 Å². The smallest absolute Gasteiger partial charge is 0.494 e. The van der Waals surface area contributed by atoms with Gasteiger partial charge in [-0.1, -0.05) is 43.0 Å². The third-order valence-corrected chi connectivity index (χ3v) is 9.92. The minimum atomic E-state index is -1.07. The molecule has 3 aliphatic rings. The molecule has 0 aliphatic carbocycles. The molecule has 0 unspecified atom stereocenters. The molecule has 2 N–H and O–H groups in total. The van der Waals surface area contributed by atoms with Gasteiger partial charge in [0.25, 0.3) is 5.91 Å². The molecule has 1 aromatic heterocycles. The first-order chi connectivity index (χ1) is 23.2. The topological polar surface area (TPSA) is 139 Å². The Kier molecular flexibility index (Phi) is 8.97. The van der Waals surface area contributed by atoms with E-state index in [9.17, 15) is 14.4 Å². The normalized spacial score (nSPS) is 19.9. The van der Waals surface area contributed by atoms with Gasteiger partial charge in [0.1, 0.15) is 23.7 Å². The molecule has 14 heteroatoms. The molecule has 49 heavy (non-hydrogen) atoms. The van der Waals surface area contributed by atoms with Gasteiger partial charge < -0.3 is 43.8 Å². The van der Waals surface area contributed by atoms with Gasteiger partial charge in [-0.2, -0.15) is 0 Å². The van der Waals surface area contributed by atoms with Crippen LogP contribution < -0.4 is 15.5 Å². The molecular formula is C35H43BN6O7. The van der Waals surface area contributed by atoms with E-state index in [1.54, 1.807) is 34.9 Å². The fraction of sp³-hybridized carbons (Fsp3) is 0.429. The maximum atomic E-state index is 14.1. The zero-order valence-corrected chi connectivity index (χ0v) is 29.0. The second kappa shape index (κ2) is 12.9. The summed E-state index contributed by atoms with van der Waals surface area (Å²) in [6, 6.07) is 11.7. The van der Waals surface area contributed by atoms with Crippen LogP contribution in [-0.4, -0.2) is 94.5 Å². The second-order valence-electron chi connectivity index (χ2n) is 13.7. The molecule has 4 heterocycles. The van der Waals surface area contributed by atoms with Crippen molar-refractivity contribution in [2.75, 3.05) is 27.4 Å². The van der Waals surface area contributed by atoms with Crippen molar-refractivity contribution in [2.45, 2.75) is 71.0 Å². The maximum Gasteiger partial charge on any atom is 0.494 e. The molecule has 258 valence electrons. The van der Waals surface area contributed by atoms with Crippen molar-refractivity contribution in [3.8, 4) is 17.0 Å². The Labute approximate surface area is 286 Å². The Morgan fingerprint density at radius 1 is 1.04 bits per heavy atom. The molecule has 2 aromatic carbocycles. The van der Waals surface area contributed by atoms with E-state index in [-0.39, 0.29) is 19.2 Å². The summed E-state index contributed by atoms with van der Waals surface area (Å²) in [4.78, 5) is 53.1. The molecule has 3 aromatic rings. The lowest BCUT2D eigenvalue weighted by atomic mass is 9.79. The third-order valence-electron chi connectivity index (χ3n) is 9.92. The highest BCUT2D eigenvalue weighted by molar-refractivity contribution is 6.62. The molecule has 0 radical (unpaired) electrons. The van der Waals surface area contributed by atoms with Gasteiger partial charge >= 0.3 is 19.2 Å². The number of aromatic nitrogens is 2. The summed E-state index contributed by atoms with van der Waals surface area (Å²) in [6.45, 7) is 14.6. The number of imidazole rings is 1. The van der Waals surface area contributed by atoms with E-state index in [1.165, 1.54) is 7.11 Å². The van der Waals surface area contributed by atoms with Crippen LogP contribution in [0.2, 0.25) is 0 Å². The summed E-state index contributed by atoms with van der Waals surface area (Å²) in [5.74, 6) is 0.794. The molecule has 2 saturated heterocycles. The van der Waals surface area contributed by atoms with E-state index >= 15 is 0 Å². The lowest BCUT2D eigenvalue weighted by molar-refractivity contribution is -0.133. The van der Waals surface area contributed by atoms with Gasteiger partial charge in [-0.25, -0.2) is 14.6 Å². The quantitative estimate of drug-likeness (QED) is 0.285. The van der Waals surface area contributed by atoms with E-state index in [2.05, 4.69) is 21.9 Å². The highest BCUT2D eigenvalue weighted by Crippen LogP contribution is 2.37. The fourth-order valence-corrected chi connectivity index (χ4v) is 6.35. The molecular weight excluding hydrogens is 627 g/mol. The average Bonchev–Trinajstić information content (AvgIpc) is 3.87. The van der Waals surface area contributed by atoms with Gasteiger partial charge in [-0.3, -0.25) is 4.79 Å². The second-order valence-corrected chi connectivity index (χ2v) is 13.7. The zero-order chi connectivity index (χ0) is 35.2. The number of carbonyl (C=O) groups excluding carboxylic acids is 3. The number of ether oxygens (including phenoxy) is 2. The van der Waals surface area contributed by atoms with E-state index in [4.69, 9.17) is 18.8 Å². The maximum absolute atomic E-state index is 14.1. The Bertz CT molecular complexity index is 1760. The number of fused-ring (bicyclic) bond motifs is 1. The van der Waals surface area contributed by atoms with Crippen molar-refractivity contribution in [2.24, 2.45) is 0 Å². The molecule has 6 rings (SSSR count). The Morgan fingerprint density at radius 3 is 2.37 bits per heavy atom. The van der Waals surface area contributed by atoms with Crippen molar-refractivity contribution in [3.05, 3.63) is 77.8 Å². The van der Waals surface area contributed by atoms with E-state index in [0.29, 0.717) is 24.5 Å². The highest BCUT2D eigenvalue weighted by atomic mass is 16.7. The van der Waals surface area contributed by atoms with Gasteiger partial charge in [-0.05, 0) is 62.8 Å². The number of nitrogens with one attached hydrogen (secondary N) is 2. The van der Waals surface area contributed by atoms with Crippen LogP contribution in [0.1, 0.15) is 57.6 Å². The van der Waals surface area contributed by atoms with Crippen LogP contribution in [-0.2, 0) is 31.9 Å². The number of rotatable bonds is 7. The minimum absolute atomic E-state index is 0.0161. The van der Waals surface area contributed by atoms with Crippen molar-refractivity contribution >= 4 is 30.6 Å². The predicted octanol–water partition coefficient (Wildman–Crippen LogP) is 3.96. The van der Waals surface area contributed by atoms with Crippen molar-refractivity contribution < 1.29 is 33.2 Å². The summed E-state index contributed by atoms with van der Waals surface area (Å²) >= 11 is 0. The third kappa shape index (κ3) is 6.38. The first-order valence-corrected chi connectivity index (χ1v) is 16.2. The number of urea groups is 1. The number of methoxy groups -OCH3 is 2. The standard InChI is InChI=1S/C35H43BN6O7/c1-21(2)29(39-32(44)47-8)31(43)42-20-41(33(45)40-17-23-10-9-11-28(46-7)25(23)18-40)19-27(42)30-37-16-26(38-30)22-12-14-24(15-13-22)36-48-34(3,4)35(5,6)49-36/h9-16,27,29H,1,17-20H2,2-8H3,(H,37,38)(H,39,44)/t27-,29-/m0/s1. The zero-order valence-electron chi connectivity index (χ0n) is 29.0. The van der Waals surface area contributed by atoms with Crippen LogP contribution in [0, 0.1) is 0 Å². The monoisotopic (exact) mass is 670 g/mol. The number of carbonyl (C=O) groups is 3. The molecule has 2 fully saturated rings. The number of hydrogen-bond acceptors (Lipinski definition) is 8. The first-order valence-electron chi connectivity index (χ1n) is 16.2. The largest absolute Gasteiger partial charge is 0.496 e. The summed E-state index contributed by atoms with van der Waals surface area (Å²) in [5.41, 5.74) is 4.01. The average molecular weight is 671 g/mol. The minimum Gasteiger partial charge on any atom is -0.496 e. The summed E-state index contributed by atoms with van der Waals surface area (Å²) < 4.78 is 22.7. The van der Waals surface area contributed by atoms with Crippen LogP contribution in [0.3, 0.4) is 0 Å². The number of hydrogen-bond donors (Lipinski definition) is 2. The van der Waals surface area contributed by atoms with E-state index < -0.39 is 42.4 Å². The lowest BCUT2D eigenvalue weighted by Gasteiger charge is -2.32. The van der Waals surface area contributed by atoms with E-state index in [0.717, 1.165) is 33.6 Å². The Balaban J connectivity index is 1.25. The number of nitrogens with zero attached hydrogens (tertiary/aromatic N) is 4. The molecule has 0 bridgehead atoms. The Hall–Kier alpha value is -4.82. The molecule has 13 nitrogen and oxygen atoms in total. The van der Waals surface area contributed by atoms with Gasteiger partial charge in [0.2, 0.25) is 0 Å². The van der Waals surface area contributed by atoms with Crippen molar-refractivity contribution in [1.82, 2.24) is 30.0 Å². The lowest BCUT2D eigenvalue weighted by Crippen LogP contribution is -2.50. The van der Waals surface area contributed by atoms with Gasteiger partial charge in [0, 0.05) is 12.1 Å². The SMILES string of the molecule is C=C(C)[C@H](NC(=O)OC)C(=O)N1CN(C(=O)N2Cc3cccc(OC)c3C2)C[C@H]1c1ncc(-c2ccc(B3OC(C)(C)C(C)(C)O3)cc2)[nH]1. The number of benzene rings is 2. The number of amides is 4. The molecule has 0 saturated carbocycles. The predicted molar refractivity (Wildman–Crippen MR) is 183 cm³/mol. The highest BCUT2D eigenvalue weighted by Gasteiger charge is 2.51. The summed E-state index contributed by atoms with van der Waals surface area (Å²) in [6.07, 6.45) is 0.941. The summed E-state index contributed by atoms with van der Waals surface area (Å²) in [5, 5.41) is 2.58. The number of alkyl carbamates (subject to hydrolysis) is 1. The Morgan fingerprint density at radius 2 is 1.73 bits per heavy atom.